The second-order valence-corrected chi connectivity index (χ2v) is 7.25. The van der Waals surface area contributed by atoms with E-state index in [-0.39, 0.29) is 43.7 Å². The van der Waals surface area contributed by atoms with Crippen LogP contribution in [-0.4, -0.2) is 54.5 Å². The van der Waals surface area contributed by atoms with Crippen molar-refractivity contribution in [3.63, 3.8) is 0 Å². The van der Waals surface area contributed by atoms with Crippen LogP contribution in [0.3, 0.4) is 0 Å². The van der Waals surface area contributed by atoms with Crippen LogP contribution in [0.2, 0.25) is 0 Å². The highest BCUT2D eigenvalue weighted by Gasteiger charge is 2.38. The van der Waals surface area contributed by atoms with Crippen molar-refractivity contribution >= 4 is 23.5 Å². The van der Waals surface area contributed by atoms with Gasteiger partial charge in [-0.05, 0) is 30.7 Å². The quantitative estimate of drug-likeness (QED) is 0.574. The summed E-state index contributed by atoms with van der Waals surface area (Å²) in [6.45, 7) is 2.83. The van der Waals surface area contributed by atoms with Gasteiger partial charge < -0.3 is 19.3 Å². The molecule has 0 N–H and O–H groups in total. The summed E-state index contributed by atoms with van der Waals surface area (Å²) in [5.74, 6) is -0.576. The number of aromatic nitrogens is 1. The number of hydrogen-bond acceptors (Lipinski definition) is 6. The van der Waals surface area contributed by atoms with Gasteiger partial charge in [-0.25, -0.2) is 0 Å². The number of amides is 2. The van der Waals surface area contributed by atoms with E-state index >= 15 is 0 Å². The molecule has 0 saturated carbocycles. The Bertz CT molecular complexity index is 918. The highest BCUT2D eigenvalue weighted by molar-refractivity contribution is 6.01. The van der Waals surface area contributed by atoms with Crippen LogP contribution in [-0.2, 0) is 25.7 Å². The van der Waals surface area contributed by atoms with Crippen molar-refractivity contribution in [3.8, 4) is 5.75 Å². The van der Waals surface area contributed by atoms with E-state index in [9.17, 15) is 14.4 Å². The third kappa shape index (κ3) is 5.59. The van der Waals surface area contributed by atoms with Gasteiger partial charge >= 0.3 is 5.97 Å². The summed E-state index contributed by atoms with van der Waals surface area (Å²) < 4.78 is 10.4. The lowest BCUT2D eigenvalue weighted by Gasteiger charge is -2.25. The summed E-state index contributed by atoms with van der Waals surface area (Å²) in [5.41, 5.74) is 1.50. The molecule has 1 atom stereocenters. The predicted molar refractivity (Wildman–Crippen MR) is 114 cm³/mol. The van der Waals surface area contributed by atoms with E-state index in [1.54, 1.807) is 54.4 Å². The lowest BCUT2D eigenvalue weighted by atomic mass is 10.1. The number of para-hydroxylation sites is 2. The van der Waals surface area contributed by atoms with Gasteiger partial charge in [0.1, 0.15) is 5.75 Å². The summed E-state index contributed by atoms with van der Waals surface area (Å²) >= 11 is 0. The van der Waals surface area contributed by atoms with Gasteiger partial charge in [-0.15, -0.1) is 0 Å². The fourth-order valence-corrected chi connectivity index (χ4v) is 3.66. The molecule has 1 aliphatic rings. The minimum absolute atomic E-state index is 0.0940. The van der Waals surface area contributed by atoms with Crippen molar-refractivity contribution in [2.45, 2.75) is 26.3 Å². The van der Waals surface area contributed by atoms with E-state index in [2.05, 4.69) is 4.98 Å². The van der Waals surface area contributed by atoms with Gasteiger partial charge in [0.05, 0.1) is 31.7 Å². The number of anilines is 1. The number of carbonyl (C=O) groups is 3. The lowest BCUT2D eigenvalue weighted by Crippen LogP contribution is -2.38. The molecule has 0 aliphatic carbocycles. The normalized spacial score (nSPS) is 15.6. The smallest absolute Gasteiger partial charge is 0.307 e. The SMILES string of the molecule is CCOC(=O)CCN(Cc1cccnc1)C(=O)[C@H]1CC(=O)N(c2ccccc2OC)C1. The molecule has 1 saturated heterocycles. The molecular weight excluding hydrogens is 398 g/mol. The van der Waals surface area contributed by atoms with Crippen LogP contribution in [0.25, 0.3) is 0 Å². The fraction of sp³-hybridized carbons (Fsp3) is 0.391. The Morgan fingerprint density at radius 3 is 2.74 bits per heavy atom. The number of rotatable bonds is 9. The molecule has 1 aromatic heterocycles. The second kappa shape index (κ2) is 10.6. The van der Waals surface area contributed by atoms with Gasteiger partial charge in [0, 0.05) is 38.4 Å². The van der Waals surface area contributed by atoms with Crippen LogP contribution >= 0.6 is 0 Å². The van der Waals surface area contributed by atoms with E-state index in [0.717, 1.165) is 5.56 Å². The zero-order valence-electron chi connectivity index (χ0n) is 17.8. The van der Waals surface area contributed by atoms with Crippen LogP contribution in [0.15, 0.2) is 48.8 Å². The minimum Gasteiger partial charge on any atom is -0.495 e. The monoisotopic (exact) mass is 425 g/mol. The number of ether oxygens (including phenoxy) is 2. The number of hydrogen-bond donors (Lipinski definition) is 0. The Morgan fingerprint density at radius 2 is 2.03 bits per heavy atom. The molecule has 2 aromatic rings. The molecule has 0 radical (unpaired) electrons. The zero-order chi connectivity index (χ0) is 22.2. The van der Waals surface area contributed by atoms with Gasteiger partial charge in [-0.2, -0.15) is 0 Å². The van der Waals surface area contributed by atoms with Crippen molar-refractivity contribution in [1.29, 1.82) is 0 Å². The van der Waals surface area contributed by atoms with Gasteiger partial charge in [0.25, 0.3) is 0 Å². The summed E-state index contributed by atoms with van der Waals surface area (Å²) in [5, 5.41) is 0. The van der Waals surface area contributed by atoms with E-state index in [4.69, 9.17) is 9.47 Å². The van der Waals surface area contributed by atoms with Crippen molar-refractivity contribution in [2.24, 2.45) is 5.92 Å². The highest BCUT2D eigenvalue weighted by atomic mass is 16.5. The zero-order valence-corrected chi connectivity index (χ0v) is 17.8. The Balaban J connectivity index is 1.75. The van der Waals surface area contributed by atoms with Crippen molar-refractivity contribution < 1.29 is 23.9 Å². The van der Waals surface area contributed by atoms with E-state index in [1.807, 2.05) is 18.2 Å². The minimum atomic E-state index is -0.503. The molecule has 0 bridgehead atoms. The predicted octanol–water partition coefficient (Wildman–Crippen LogP) is 2.43. The summed E-state index contributed by atoms with van der Waals surface area (Å²) in [6.07, 6.45) is 3.55. The van der Waals surface area contributed by atoms with Gasteiger partial charge in [-0.1, -0.05) is 18.2 Å². The first kappa shape index (κ1) is 22.3. The second-order valence-electron chi connectivity index (χ2n) is 7.25. The van der Waals surface area contributed by atoms with Gasteiger partial charge in [0.2, 0.25) is 11.8 Å². The first-order valence-electron chi connectivity index (χ1n) is 10.3. The van der Waals surface area contributed by atoms with Crippen molar-refractivity contribution in [3.05, 3.63) is 54.4 Å². The molecule has 1 fully saturated rings. The molecule has 0 unspecified atom stereocenters. The Morgan fingerprint density at radius 1 is 1.23 bits per heavy atom. The maximum atomic E-state index is 13.3. The Kier molecular flexibility index (Phi) is 7.59. The summed E-state index contributed by atoms with van der Waals surface area (Å²) in [6, 6.07) is 10.9. The van der Waals surface area contributed by atoms with Crippen LogP contribution < -0.4 is 9.64 Å². The summed E-state index contributed by atoms with van der Waals surface area (Å²) in [7, 11) is 1.55. The highest BCUT2D eigenvalue weighted by Crippen LogP contribution is 2.33. The maximum Gasteiger partial charge on any atom is 0.307 e. The average molecular weight is 425 g/mol. The van der Waals surface area contributed by atoms with Crippen LogP contribution in [0.5, 0.6) is 5.75 Å². The molecule has 1 aliphatic heterocycles. The number of pyridine rings is 1. The number of nitrogens with zero attached hydrogens (tertiary/aromatic N) is 3. The lowest BCUT2D eigenvalue weighted by molar-refractivity contribution is -0.144. The number of methoxy groups -OCH3 is 1. The topological polar surface area (TPSA) is 89.0 Å². The van der Waals surface area contributed by atoms with Crippen molar-refractivity contribution in [1.82, 2.24) is 9.88 Å². The number of benzene rings is 1. The van der Waals surface area contributed by atoms with E-state index in [0.29, 0.717) is 24.6 Å². The first-order chi connectivity index (χ1) is 15.0. The molecule has 0 spiro atoms. The fourth-order valence-electron chi connectivity index (χ4n) is 3.66. The van der Waals surface area contributed by atoms with Gasteiger partial charge in [0.15, 0.2) is 0 Å². The van der Waals surface area contributed by atoms with Crippen LogP contribution in [0.1, 0.15) is 25.3 Å². The standard InChI is InChI=1S/C23H27N3O5/c1-3-31-22(28)10-12-25(15-17-7-6-11-24-14-17)23(29)18-13-21(27)26(16-18)19-8-4-5-9-20(19)30-2/h4-9,11,14,18H,3,10,12-13,15-16H2,1-2H3/t18-/m0/s1. The molecule has 8 nitrogen and oxygen atoms in total. The molecule has 1 aromatic carbocycles. The molecule has 164 valence electrons. The molecule has 31 heavy (non-hydrogen) atoms. The van der Waals surface area contributed by atoms with Crippen LogP contribution in [0.4, 0.5) is 5.69 Å². The largest absolute Gasteiger partial charge is 0.495 e. The van der Waals surface area contributed by atoms with Gasteiger partial charge in [-0.3, -0.25) is 19.4 Å². The first-order valence-corrected chi connectivity index (χ1v) is 10.3. The Labute approximate surface area is 181 Å². The maximum absolute atomic E-state index is 13.3. The Hall–Kier alpha value is -3.42. The number of carbonyl (C=O) groups excluding carboxylic acids is 3. The summed E-state index contributed by atoms with van der Waals surface area (Å²) in [4.78, 5) is 45.2. The van der Waals surface area contributed by atoms with Crippen molar-refractivity contribution in [2.75, 3.05) is 31.7 Å². The van der Waals surface area contributed by atoms with E-state index < -0.39 is 5.92 Å². The van der Waals surface area contributed by atoms with Crippen LogP contribution in [0, 0.1) is 5.92 Å². The number of esters is 1. The molecule has 3 rings (SSSR count). The molecule has 2 heterocycles. The molecule has 8 heteroatoms. The average Bonchev–Trinajstić information content (AvgIpc) is 3.18. The molecule has 2 amide bonds. The molecular formula is C23H27N3O5. The third-order valence-corrected chi connectivity index (χ3v) is 5.15. The third-order valence-electron chi connectivity index (χ3n) is 5.15. The van der Waals surface area contributed by atoms with E-state index in [1.165, 1.54) is 0 Å².